The van der Waals surface area contributed by atoms with Crippen LogP contribution in [0, 0.1) is 5.92 Å². The van der Waals surface area contributed by atoms with E-state index in [0.717, 1.165) is 23.8 Å². The van der Waals surface area contributed by atoms with Crippen LogP contribution in [0.4, 0.5) is 10.8 Å². The van der Waals surface area contributed by atoms with Crippen LogP contribution < -0.4 is 11.1 Å². The summed E-state index contributed by atoms with van der Waals surface area (Å²) >= 11 is 1.23. The lowest BCUT2D eigenvalue weighted by Gasteiger charge is -2.17. The van der Waals surface area contributed by atoms with E-state index in [0.29, 0.717) is 18.2 Å². The van der Waals surface area contributed by atoms with Gasteiger partial charge >= 0.3 is 5.97 Å². The molecule has 1 atom stereocenters. The van der Waals surface area contributed by atoms with E-state index in [1.807, 2.05) is 0 Å². The maximum Gasteiger partial charge on any atom is 0.344 e. The Balaban J connectivity index is 2.07. The lowest BCUT2D eigenvalue weighted by molar-refractivity contribution is 0.0529. The zero-order chi connectivity index (χ0) is 13.8. The van der Waals surface area contributed by atoms with E-state index in [1.165, 1.54) is 24.4 Å². The monoisotopic (exact) mass is 283 g/mol. The van der Waals surface area contributed by atoms with Gasteiger partial charge in [0.05, 0.1) is 6.61 Å². The fourth-order valence-corrected chi connectivity index (χ4v) is 2.85. The van der Waals surface area contributed by atoms with Crippen LogP contribution in [-0.4, -0.2) is 23.0 Å². The van der Waals surface area contributed by atoms with Crippen molar-refractivity contribution < 1.29 is 9.53 Å². The van der Waals surface area contributed by atoms with Crippen molar-refractivity contribution in [2.24, 2.45) is 5.92 Å². The molecule has 0 aromatic carbocycles. The number of nitrogens with zero attached hydrogens (tertiary/aromatic N) is 1. The van der Waals surface area contributed by atoms with Crippen molar-refractivity contribution in [2.75, 3.05) is 17.7 Å². The van der Waals surface area contributed by atoms with Gasteiger partial charge in [0.15, 0.2) is 5.82 Å². The fourth-order valence-electron chi connectivity index (χ4n) is 2.07. The van der Waals surface area contributed by atoms with Gasteiger partial charge < -0.3 is 15.8 Å². The smallest absolute Gasteiger partial charge is 0.344 e. The van der Waals surface area contributed by atoms with Gasteiger partial charge in [0.2, 0.25) is 0 Å². The number of carbonyl (C=O) groups is 1. The SMILES string of the molecule is CCOC(=O)c1c(N)nsc1NC(CC)CC1CC1. The molecule has 0 bridgehead atoms. The van der Waals surface area contributed by atoms with Crippen LogP contribution in [0.5, 0.6) is 0 Å². The zero-order valence-corrected chi connectivity index (χ0v) is 12.3. The molecule has 6 heteroatoms. The molecular formula is C13H21N3O2S. The fraction of sp³-hybridized carbons (Fsp3) is 0.692. The summed E-state index contributed by atoms with van der Waals surface area (Å²) in [6, 6.07) is 0.375. The van der Waals surface area contributed by atoms with Crippen LogP contribution in [0.3, 0.4) is 0 Å². The van der Waals surface area contributed by atoms with Crippen LogP contribution in [0.1, 0.15) is 49.9 Å². The molecule has 106 valence electrons. The Morgan fingerprint density at radius 3 is 2.89 bits per heavy atom. The summed E-state index contributed by atoms with van der Waals surface area (Å²) in [7, 11) is 0. The van der Waals surface area contributed by atoms with E-state index in [2.05, 4.69) is 16.6 Å². The molecular weight excluding hydrogens is 262 g/mol. The minimum atomic E-state index is -0.391. The third-order valence-electron chi connectivity index (χ3n) is 3.34. The minimum Gasteiger partial charge on any atom is -0.462 e. The third kappa shape index (κ3) is 3.59. The average molecular weight is 283 g/mol. The summed E-state index contributed by atoms with van der Waals surface area (Å²) < 4.78 is 9.08. The highest BCUT2D eigenvalue weighted by atomic mass is 32.1. The summed E-state index contributed by atoms with van der Waals surface area (Å²) in [5, 5.41) is 4.14. The first kappa shape index (κ1) is 14.1. The number of hydrogen-bond donors (Lipinski definition) is 2. The van der Waals surface area contributed by atoms with Gasteiger partial charge in [-0.3, -0.25) is 0 Å². The second kappa shape index (κ2) is 6.23. The molecule has 1 aliphatic carbocycles. The van der Waals surface area contributed by atoms with Gasteiger partial charge in [-0.05, 0) is 37.2 Å². The van der Waals surface area contributed by atoms with Gasteiger partial charge in [0, 0.05) is 6.04 Å². The Morgan fingerprint density at radius 2 is 2.32 bits per heavy atom. The van der Waals surface area contributed by atoms with Crippen molar-refractivity contribution >= 4 is 28.3 Å². The molecule has 0 spiro atoms. The van der Waals surface area contributed by atoms with Crippen LogP contribution in [0.2, 0.25) is 0 Å². The number of nitrogen functional groups attached to an aromatic ring is 1. The molecule has 1 fully saturated rings. The number of hydrogen-bond acceptors (Lipinski definition) is 6. The number of nitrogens with one attached hydrogen (secondary N) is 1. The molecule has 1 unspecified atom stereocenters. The highest BCUT2D eigenvalue weighted by Crippen LogP contribution is 2.36. The van der Waals surface area contributed by atoms with Crippen LogP contribution in [0.25, 0.3) is 0 Å². The molecule has 1 aromatic rings. The molecule has 2 rings (SSSR count). The Labute approximate surface area is 117 Å². The molecule has 1 aliphatic rings. The molecule has 5 nitrogen and oxygen atoms in total. The number of ether oxygens (including phenoxy) is 1. The van der Waals surface area contributed by atoms with Crippen LogP contribution in [0.15, 0.2) is 0 Å². The van der Waals surface area contributed by atoms with Crippen molar-refractivity contribution in [3.63, 3.8) is 0 Å². The van der Waals surface area contributed by atoms with Gasteiger partial charge in [-0.25, -0.2) is 4.79 Å². The van der Waals surface area contributed by atoms with Crippen molar-refractivity contribution in [1.82, 2.24) is 4.37 Å². The number of carbonyl (C=O) groups excluding carboxylic acids is 1. The number of aromatic nitrogens is 1. The first-order chi connectivity index (χ1) is 9.15. The van der Waals surface area contributed by atoms with Crippen molar-refractivity contribution in [3.8, 4) is 0 Å². The number of anilines is 2. The Hall–Kier alpha value is -1.30. The predicted octanol–water partition coefficient (Wildman–Crippen LogP) is 2.89. The van der Waals surface area contributed by atoms with Crippen molar-refractivity contribution in [2.45, 2.75) is 45.6 Å². The standard InChI is InChI=1S/C13H21N3O2S/c1-3-9(7-8-5-6-8)15-12-10(11(14)16-19-12)13(17)18-4-2/h8-9,15H,3-7H2,1-2H3,(H2,14,16). The molecule has 1 saturated carbocycles. The quantitative estimate of drug-likeness (QED) is 0.752. The maximum absolute atomic E-state index is 11.9. The second-order valence-corrected chi connectivity index (χ2v) is 5.69. The molecule has 1 heterocycles. The largest absolute Gasteiger partial charge is 0.462 e. The molecule has 0 aliphatic heterocycles. The van der Waals surface area contributed by atoms with E-state index >= 15 is 0 Å². The minimum absolute atomic E-state index is 0.257. The molecule has 0 saturated heterocycles. The molecule has 1 aromatic heterocycles. The first-order valence-corrected chi connectivity index (χ1v) is 7.61. The third-order valence-corrected chi connectivity index (χ3v) is 4.13. The molecule has 0 radical (unpaired) electrons. The van der Waals surface area contributed by atoms with Gasteiger partial charge in [-0.2, -0.15) is 4.37 Å². The molecule has 19 heavy (non-hydrogen) atoms. The van der Waals surface area contributed by atoms with E-state index < -0.39 is 5.97 Å². The summed E-state index contributed by atoms with van der Waals surface area (Å²) in [4.78, 5) is 11.9. The molecule has 0 amide bonds. The maximum atomic E-state index is 11.9. The Morgan fingerprint density at radius 1 is 1.58 bits per heavy atom. The predicted molar refractivity (Wildman–Crippen MR) is 77.5 cm³/mol. The van der Waals surface area contributed by atoms with Gasteiger partial charge in [-0.1, -0.05) is 19.8 Å². The molecule has 3 N–H and O–H groups in total. The lowest BCUT2D eigenvalue weighted by Crippen LogP contribution is -2.20. The average Bonchev–Trinajstić information content (AvgIpc) is 3.12. The van der Waals surface area contributed by atoms with Gasteiger partial charge in [0.25, 0.3) is 0 Å². The van der Waals surface area contributed by atoms with E-state index in [-0.39, 0.29) is 5.82 Å². The number of nitrogens with two attached hydrogens (primary N) is 1. The number of esters is 1. The van der Waals surface area contributed by atoms with Crippen molar-refractivity contribution in [1.29, 1.82) is 0 Å². The second-order valence-electron chi connectivity index (χ2n) is 4.92. The summed E-state index contributed by atoms with van der Waals surface area (Å²) in [6.07, 6.45) is 4.83. The van der Waals surface area contributed by atoms with E-state index in [1.54, 1.807) is 6.92 Å². The summed E-state index contributed by atoms with van der Waals surface area (Å²) in [6.45, 7) is 4.27. The topological polar surface area (TPSA) is 77.2 Å². The van der Waals surface area contributed by atoms with Crippen molar-refractivity contribution in [3.05, 3.63) is 5.56 Å². The van der Waals surface area contributed by atoms with E-state index in [9.17, 15) is 4.79 Å². The normalized spacial score (nSPS) is 16.1. The zero-order valence-electron chi connectivity index (χ0n) is 11.4. The summed E-state index contributed by atoms with van der Waals surface area (Å²) in [5.74, 6) is 0.707. The van der Waals surface area contributed by atoms with Gasteiger partial charge in [-0.15, -0.1) is 0 Å². The van der Waals surface area contributed by atoms with Crippen LogP contribution in [-0.2, 0) is 4.74 Å². The number of rotatable bonds is 7. The van der Waals surface area contributed by atoms with Gasteiger partial charge in [0.1, 0.15) is 10.6 Å². The lowest BCUT2D eigenvalue weighted by atomic mass is 10.1. The Bertz CT molecular complexity index is 443. The highest BCUT2D eigenvalue weighted by molar-refractivity contribution is 7.11. The first-order valence-electron chi connectivity index (χ1n) is 6.84. The highest BCUT2D eigenvalue weighted by Gasteiger charge is 2.27. The summed E-state index contributed by atoms with van der Waals surface area (Å²) in [5.41, 5.74) is 6.15. The van der Waals surface area contributed by atoms with E-state index in [4.69, 9.17) is 10.5 Å². The Kier molecular flexibility index (Phi) is 4.63. The van der Waals surface area contributed by atoms with Crippen LogP contribution >= 0.6 is 11.5 Å².